The van der Waals surface area contributed by atoms with Crippen molar-refractivity contribution in [3.8, 4) is 112 Å². The van der Waals surface area contributed by atoms with Crippen LogP contribution in [0.4, 0.5) is 0 Å². The summed E-state index contributed by atoms with van der Waals surface area (Å²) in [7, 11) is 0. The quantitative estimate of drug-likeness (QED) is 0.121. The summed E-state index contributed by atoms with van der Waals surface area (Å²) in [4.78, 5) is 23.2. The molecule has 0 saturated heterocycles. The fourth-order valence-corrected chi connectivity index (χ4v) is 11.5. The fourth-order valence-electron chi connectivity index (χ4n) is 11.5. The van der Waals surface area contributed by atoms with Crippen LogP contribution in [0.3, 0.4) is 0 Å². The largest absolute Gasteiger partial charge is 0.304 e. The van der Waals surface area contributed by atoms with Crippen LogP contribution in [-0.2, 0) is 107 Å². The second-order valence-electron chi connectivity index (χ2n) is 23.7. The average Bonchev–Trinajstić information content (AvgIpc) is 0.815. The van der Waals surface area contributed by atoms with Crippen molar-refractivity contribution in [1.29, 1.82) is 0 Å². The van der Waals surface area contributed by atoms with E-state index in [9.17, 15) is 0 Å². The van der Waals surface area contributed by atoms with Gasteiger partial charge in [0.25, 0.3) is 0 Å². The van der Waals surface area contributed by atoms with Crippen LogP contribution in [0.15, 0.2) is 322 Å². The van der Waals surface area contributed by atoms with Crippen LogP contribution >= 0.6 is 0 Å². The van der Waals surface area contributed by atoms with Crippen LogP contribution in [0, 0.1) is 71.9 Å². The van der Waals surface area contributed by atoms with Gasteiger partial charge < -0.3 is 24.9 Å². The second kappa shape index (κ2) is 42.7. The molecule has 10 heteroatoms. The van der Waals surface area contributed by atoms with Crippen molar-refractivity contribution in [3.63, 3.8) is 0 Å². The number of hydrogen-bond acceptors (Lipinski definition) is 5. The molecule has 0 aliphatic rings. The number of nitrogens with zero attached hydrogens (tertiary/aromatic N) is 5. The molecule has 0 saturated carbocycles. The summed E-state index contributed by atoms with van der Waals surface area (Å²) >= 11 is 0. The predicted molar refractivity (Wildman–Crippen MR) is 408 cm³/mol. The van der Waals surface area contributed by atoms with Crippen molar-refractivity contribution in [3.05, 3.63) is 391 Å². The Kier molecular flexibility index (Phi) is 34.5. The summed E-state index contributed by atoms with van der Waals surface area (Å²) in [5, 5.41) is 0. The molecule has 0 amide bonds. The summed E-state index contributed by atoms with van der Waals surface area (Å²) in [6, 6.07) is 119. The third kappa shape index (κ3) is 23.3. The van der Waals surface area contributed by atoms with Gasteiger partial charge in [-0.2, -0.15) is 0 Å². The van der Waals surface area contributed by atoms with E-state index in [1.54, 1.807) is 0 Å². The van der Waals surface area contributed by atoms with Gasteiger partial charge in [0.1, 0.15) is 0 Å². The Bertz CT molecular complexity index is 4700. The Morgan fingerprint density at radius 2 is 0.583 bits per heavy atom. The summed E-state index contributed by atoms with van der Waals surface area (Å²) in [5.41, 5.74) is 30.4. The first-order chi connectivity index (χ1) is 48.0. The molecular formula is C93H76Ir5N5-5. The normalized spacial score (nSPS) is 9.93. The Hall–Kier alpha value is -8.80. The minimum Gasteiger partial charge on any atom is -0.304 e. The number of aryl methyl sites for hydroxylation is 7. The zero-order valence-corrected chi connectivity index (χ0v) is 70.2. The van der Waals surface area contributed by atoms with E-state index in [2.05, 4.69) is 243 Å². The SMILES string of the molecule is CCc1cc(-c2[c-]cccc2)ncc1-c1ccccc1.Cc1cc(-c2[c-]cccc2)ncc1-c1ccccc1.Cc1cc[c-]c(-c2cc(C)c(-c3cccc(C)c3)cn2)c1.Cc1nc(-c2[c-]cccc2)ccc1-c1ccccc1.Cc1nc(-c2[c-]cccc2)ccc1-c1ccccc1.[Ir].[Ir].[Ir].[Ir].[Ir]. The molecule has 15 aromatic rings. The molecular weight excluding hydrogens is 2150 g/mol. The van der Waals surface area contributed by atoms with E-state index >= 15 is 0 Å². The molecule has 5 nitrogen and oxygen atoms in total. The van der Waals surface area contributed by atoms with Crippen molar-refractivity contribution < 1.29 is 101 Å². The maximum Gasteiger partial charge on any atom is 0.0344 e. The molecule has 5 aromatic heterocycles. The molecule has 0 aliphatic carbocycles. The van der Waals surface area contributed by atoms with Gasteiger partial charge in [-0.3, -0.25) is 0 Å². The van der Waals surface area contributed by atoms with Gasteiger partial charge >= 0.3 is 0 Å². The first-order valence-electron chi connectivity index (χ1n) is 33.1. The van der Waals surface area contributed by atoms with E-state index in [1.165, 1.54) is 83.5 Å². The number of pyridine rings is 5. The summed E-state index contributed by atoms with van der Waals surface area (Å²) in [5.74, 6) is 0. The maximum atomic E-state index is 4.69. The predicted octanol–water partition coefficient (Wildman–Crippen LogP) is 23.5. The van der Waals surface area contributed by atoms with Gasteiger partial charge in [0.15, 0.2) is 0 Å². The number of hydrogen-bond donors (Lipinski definition) is 0. The standard InChI is InChI=1S/C20H18N.C19H16N.3C18H14N.5Ir/c1-14-6-4-8-17(10-14)19-13-21-20(12-16(19)3)18-9-5-7-15(2)11-18;1-2-15-13-19(17-11-7-4-8-12-17)20-14-18(15)16-9-5-3-6-10-16;1-14-12-18(16-10-6-3-7-11-16)19-13-17(14)15-8-4-2-5-9-15;2*1-14-17(15-8-4-2-5-9-15)12-13-18(19-14)16-10-6-3-7-11-16;;;;;/h4-8,10-13H,1-3H3;3-11,13-14H,2H2,1H3;3*2-10,12-13H,1H3;;;;;/q5*-1;;;;;. The van der Waals surface area contributed by atoms with E-state index in [4.69, 9.17) is 0 Å². The number of rotatable bonds is 11. The van der Waals surface area contributed by atoms with Crippen LogP contribution in [0.25, 0.3) is 112 Å². The van der Waals surface area contributed by atoms with E-state index in [-0.39, 0.29) is 101 Å². The van der Waals surface area contributed by atoms with Crippen LogP contribution in [-0.4, -0.2) is 24.9 Å². The van der Waals surface area contributed by atoms with Gasteiger partial charge in [-0.25, -0.2) is 0 Å². The molecule has 15 rings (SSSR count). The number of benzene rings is 10. The third-order valence-electron chi connectivity index (χ3n) is 16.6. The molecule has 0 spiro atoms. The van der Waals surface area contributed by atoms with Gasteiger partial charge in [0.2, 0.25) is 0 Å². The summed E-state index contributed by atoms with van der Waals surface area (Å²) in [6.45, 7) is 14.7. The molecule has 5 radical (unpaired) electrons. The molecule has 0 fully saturated rings. The van der Waals surface area contributed by atoms with Crippen LogP contribution in [0.1, 0.15) is 46.1 Å². The van der Waals surface area contributed by atoms with Crippen LogP contribution < -0.4 is 0 Å². The topological polar surface area (TPSA) is 64.5 Å². The zero-order chi connectivity index (χ0) is 67.8. The molecule has 103 heavy (non-hydrogen) atoms. The van der Waals surface area contributed by atoms with Crippen LogP contribution in [0.2, 0.25) is 0 Å². The molecule has 10 aromatic carbocycles. The average molecular weight is 2220 g/mol. The fraction of sp³-hybridized carbons (Fsp3) is 0.0860. The van der Waals surface area contributed by atoms with Crippen molar-refractivity contribution >= 4 is 0 Å². The van der Waals surface area contributed by atoms with Crippen molar-refractivity contribution in [2.24, 2.45) is 0 Å². The smallest absolute Gasteiger partial charge is 0.0344 e. The van der Waals surface area contributed by atoms with E-state index < -0.39 is 0 Å². The molecule has 523 valence electrons. The first kappa shape index (κ1) is 83.1. The molecule has 0 atom stereocenters. The minimum absolute atomic E-state index is 0. The van der Waals surface area contributed by atoms with Gasteiger partial charge in [-0.15, -0.1) is 179 Å². The first-order valence-corrected chi connectivity index (χ1v) is 33.1. The summed E-state index contributed by atoms with van der Waals surface area (Å²) in [6.07, 6.45) is 6.88. The Balaban J connectivity index is 0.000000200. The van der Waals surface area contributed by atoms with E-state index in [0.29, 0.717) is 0 Å². The molecule has 0 unspecified atom stereocenters. The van der Waals surface area contributed by atoms with Gasteiger partial charge in [0, 0.05) is 158 Å². The van der Waals surface area contributed by atoms with Gasteiger partial charge in [-0.05, 0) is 114 Å². The molecule has 5 heterocycles. The summed E-state index contributed by atoms with van der Waals surface area (Å²) < 4.78 is 0. The van der Waals surface area contributed by atoms with Crippen molar-refractivity contribution in [2.45, 2.75) is 54.9 Å². The molecule has 0 aliphatic heterocycles. The Morgan fingerprint density at radius 3 is 0.951 bits per heavy atom. The van der Waals surface area contributed by atoms with Gasteiger partial charge in [-0.1, -0.05) is 207 Å². The Morgan fingerprint density at radius 1 is 0.252 bits per heavy atom. The van der Waals surface area contributed by atoms with Crippen LogP contribution in [0.5, 0.6) is 0 Å². The van der Waals surface area contributed by atoms with Crippen molar-refractivity contribution in [1.82, 2.24) is 24.9 Å². The van der Waals surface area contributed by atoms with E-state index in [0.717, 1.165) is 74.1 Å². The van der Waals surface area contributed by atoms with Crippen molar-refractivity contribution in [2.75, 3.05) is 0 Å². The molecule has 0 N–H and O–H groups in total. The maximum absolute atomic E-state index is 4.69. The van der Waals surface area contributed by atoms with E-state index in [1.807, 2.05) is 182 Å². The Labute approximate surface area is 677 Å². The minimum atomic E-state index is 0. The second-order valence-corrected chi connectivity index (χ2v) is 23.7. The number of aromatic nitrogens is 5. The van der Waals surface area contributed by atoms with Gasteiger partial charge in [0.05, 0.1) is 0 Å². The molecule has 0 bridgehead atoms. The monoisotopic (exact) mass is 2230 g/mol. The third-order valence-corrected chi connectivity index (χ3v) is 16.6. The zero-order valence-electron chi connectivity index (χ0n) is 58.2.